The van der Waals surface area contributed by atoms with Crippen molar-refractivity contribution in [3.05, 3.63) is 29.8 Å². The molecule has 1 N–H and O–H groups in total. The lowest BCUT2D eigenvalue weighted by Gasteiger charge is -2.14. The van der Waals surface area contributed by atoms with Gasteiger partial charge in [0.2, 0.25) is 10.0 Å². The molecular formula is C10H13F3N2O4S2. The third-order valence-electron chi connectivity index (χ3n) is 2.48. The van der Waals surface area contributed by atoms with Gasteiger partial charge in [-0.1, -0.05) is 12.1 Å². The first kappa shape index (κ1) is 17.7. The Bertz CT molecular complexity index is 697. The van der Waals surface area contributed by atoms with Crippen LogP contribution in [0.15, 0.2) is 24.3 Å². The second-order valence-corrected chi connectivity index (χ2v) is 8.03. The zero-order valence-electron chi connectivity index (χ0n) is 11.0. The van der Waals surface area contributed by atoms with Gasteiger partial charge in [0, 0.05) is 19.3 Å². The Hall–Kier alpha value is -1.33. The van der Waals surface area contributed by atoms with Crippen molar-refractivity contribution in [2.75, 3.05) is 18.0 Å². The number of hydrogen-bond donors (Lipinski definition) is 1. The molecule has 120 valence electrons. The summed E-state index contributed by atoms with van der Waals surface area (Å²) < 4.78 is 83.2. The largest absolute Gasteiger partial charge is 0.516 e. The monoisotopic (exact) mass is 346 g/mol. The normalized spacial score (nSPS) is 13.4. The van der Waals surface area contributed by atoms with E-state index in [-0.39, 0.29) is 12.2 Å². The van der Waals surface area contributed by atoms with Crippen molar-refractivity contribution in [2.45, 2.75) is 12.1 Å². The van der Waals surface area contributed by atoms with Gasteiger partial charge >= 0.3 is 15.5 Å². The van der Waals surface area contributed by atoms with Gasteiger partial charge in [-0.25, -0.2) is 12.7 Å². The van der Waals surface area contributed by atoms with Gasteiger partial charge in [0.1, 0.15) is 0 Å². The maximum Gasteiger partial charge on any atom is 0.516 e. The summed E-state index contributed by atoms with van der Waals surface area (Å²) in [6, 6.07) is 4.90. The molecule has 0 aliphatic heterocycles. The van der Waals surface area contributed by atoms with E-state index in [0.29, 0.717) is 5.56 Å². The van der Waals surface area contributed by atoms with Crippen LogP contribution >= 0.6 is 0 Å². The molecule has 0 fully saturated rings. The lowest BCUT2D eigenvalue weighted by atomic mass is 10.2. The van der Waals surface area contributed by atoms with Crippen LogP contribution in [-0.4, -0.2) is 40.0 Å². The zero-order chi connectivity index (χ0) is 16.5. The summed E-state index contributed by atoms with van der Waals surface area (Å²) in [5.74, 6) is 0. The van der Waals surface area contributed by atoms with E-state index in [4.69, 9.17) is 0 Å². The number of rotatable bonds is 5. The van der Waals surface area contributed by atoms with Gasteiger partial charge in [-0.3, -0.25) is 4.72 Å². The highest BCUT2D eigenvalue weighted by Gasteiger charge is 2.45. The summed E-state index contributed by atoms with van der Waals surface area (Å²) in [5.41, 5.74) is -5.17. The molecule has 0 unspecified atom stereocenters. The quantitative estimate of drug-likeness (QED) is 0.872. The number of nitrogens with one attached hydrogen (secondary N) is 1. The second kappa shape index (κ2) is 5.81. The van der Waals surface area contributed by atoms with E-state index in [1.165, 1.54) is 23.9 Å². The van der Waals surface area contributed by atoms with Crippen molar-refractivity contribution < 1.29 is 30.0 Å². The first-order valence-electron chi connectivity index (χ1n) is 5.42. The summed E-state index contributed by atoms with van der Waals surface area (Å²) in [4.78, 5) is 0. The molecule has 11 heteroatoms. The Morgan fingerprint density at radius 1 is 1.10 bits per heavy atom. The predicted octanol–water partition coefficient (Wildman–Crippen LogP) is 1.34. The van der Waals surface area contributed by atoms with E-state index >= 15 is 0 Å². The Balaban J connectivity index is 2.85. The molecule has 0 radical (unpaired) electrons. The maximum absolute atomic E-state index is 12.2. The van der Waals surface area contributed by atoms with Crippen LogP contribution < -0.4 is 4.72 Å². The molecule has 0 saturated carbocycles. The first-order chi connectivity index (χ1) is 9.33. The molecule has 0 saturated heterocycles. The summed E-state index contributed by atoms with van der Waals surface area (Å²) >= 11 is 0. The molecule has 1 rings (SSSR count). The molecule has 0 spiro atoms. The fourth-order valence-electron chi connectivity index (χ4n) is 1.27. The Labute approximate surface area is 120 Å². The smallest absolute Gasteiger partial charge is 0.276 e. The number of sulfonamides is 2. The number of nitrogens with zero attached hydrogens (tertiary/aromatic N) is 1. The fraction of sp³-hybridized carbons (Fsp3) is 0.400. The molecule has 0 atom stereocenters. The van der Waals surface area contributed by atoms with Crippen molar-refractivity contribution in [2.24, 2.45) is 0 Å². The van der Waals surface area contributed by atoms with Crippen LogP contribution in [0.4, 0.5) is 18.9 Å². The van der Waals surface area contributed by atoms with Gasteiger partial charge in [-0.15, -0.1) is 0 Å². The maximum atomic E-state index is 12.2. The molecule has 0 aliphatic rings. The first-order valence-corrected chi connectivity index (χ1v) is 8.75. The minimum absolute atomic E-state index is 0.0190. The van der Waals surface area contributed by atoms with Gasteiger partial charge in [-0.2, -0.15) is 21.6 Å². The number of alkyl halides is 3. The van der Waals surface area contributed by atoms with Crippen molar-refractivity contribution >= 4 is 25.7 Å². The summed E-state index contributed by atoms with van der Waals surface area (Å²) in [7, 11) is -7.51. The van der Waals surface area contributed by atoms with E-state index in [9.17, 15) is 30.0 Å². The van der Waals surface area contributed by atoms with Gasteiger partial charge in [-0.05, 0) is 17.7 Å². The van der Waals surface area contributed by atoms with Crippen molar-refractivity contribution in [3.8, 4) is 0 Å². The fourth-order valence-corrected chi connectivity index (χ4v) is 2.21. The summed E-state index contributed by atoms with van der Waals surface area (Å²) in [5, 5.41) is 0. The molecule has 21 heavy (non-hydrogen) atoms. The summed E-state index contributed by atoms with van der Waals surface area (Å²) in [6.07, 6.45) is 1.01. The topological polar surface area (TPSA) is 83.6 Å². The Morgan fingerprint density at radius 3 is 1.95 bits per heavy atom. The molecular weight excluding hydrogens is 333 g/mol. The van der Waals surface area contributed by atoms with E-state index in [2.05, 4.69) is 0 Å². The predicted molar refractivity (Wildman–Crippen MR) is 71.4 cm³/mol. The van der Waals surface area contributed by atoms with Crippen LogP contribution in [0.1, 0.15) is 5.56 Å². The third-order valence-corrected chi connectivity index (χ3v) is 4.86. The number of benzene rings is 1. The Morgan fingerprint density at radius 2 is 1.57 bits per heavy atom. The minimum atomic E-state index is -5.47. The van der Waals surface area contributed by atoms with Crippen molar-refractivity contribution in [3.63, 3.8) is 0 Å². The average Bonchev–Trinajstić information content (AvgIpc) is 2.28. The standard InChI is InChI=1S/C10H13F3N2O4S2/c1-15(20(2,16)17)7-8-3-5-9(6-4-8)14-21(18,19)10(11,12)13/h3-6,14H,7H2,1-2H3. The number of hydrogen-bond acceptors (Lipinski definition) is 4. The van der Waals surface area contributed by atoms with E-state index in [0.717, 1.165) is 22.7 Å². The number of halogens is 3. The van der Waals surface area contributed by atoms with Crippen LogP contribution in [0.5, 0.6) is 0 Å². The molecule has 0 aliphatic carbocycles. The minimum Gasteiger partial charge on any atom is -0.276 e. The second-order valence-electron chi connectivity index (χ2n) is 4.27. The van der Waals surface area contributed by atoms with Crippen LogP contribution in [0.2, 0.25) is 0 Å². The van der Waals surface area contributed by atoms with Crippen LogP contribution in [0.25, 0.3) is 0 Å². The lowest BCUT2D eigenvalue weighted by Crippen LogP contribution is -2.29. The van der Waals surface area contributed by atoms with Crippen molar-refractivity contribution in [1.29, 1.82) is 0 Å². The van der Waals surface area contributed by atoms with Gasteiger partial charge in [0.15, 0.2) is 0 Å². The molecule has 0 heterocycles. The van der Waals surface area contributed by atoms with Crippen LogP contribution in [-0.2, 0) is 26.6 Å². The van der Waals surface area contributed by atoms with Gasteiger partial charge in [0.25, 0.3) is 0 Å². The van der Waals surface area contributed by atoms with Crippen LogP contribution in [0, 0.1) is 0 Å². The lowest BCUT2D eigenvalue weighted by molar-refractivity contribution is -0.0429. The molecule has 1 aromatic carbocycles. The SMILES string of the molecule is CN(Cc1ccc(NS(=O)(=O)C(F)(F)F)cc1)S(C)(=O)=O. The highest BCUT2D eigenvalue weighted by atomic mass is 32.2. The molecule has 1 aromatic rings. The van der Waals surface area contributed by atoms with E-state index in [1.807, 2.05) is 0 Å². The molecule has 0 bridgehead atoms. The Kier molecular flexibility index (Phi) is 4.90. The average molecular weight is 346 g/mol. The highest BCUT2D eigenvalue weighted by molar-refractivity contribution is 7.93. The molecule has 6 nitrogen and oxygen atoms in total. The highest BCUT2D eigenvalue weighted by Crippen LogP contribution is 2.25. The van der Waals surface area contributed by atoms with Crippen LogP contribution in [0.3, 0.4) is 0 Å². The summed E-state index contributed by atoms with van der Waals surface area (Å²) in [6.45, 7) is 0.0190. The van der Waals surface area contributed by atoms with Crippen molar-refractivity contribution in [1.82, 2.24) is 4.31 Å². The molecule has 0 aromatic heterocycles. The molecule has 0 amide bonds. The third kappa shape index (κ3) is 4.86. The van der Waals surface area contributed by atoms with Gasteiger partial charge < -0.3 is 0 Å². The zero-order valence-corrected chi connectivity index (χ0v) is 12.7. The number of anilines is 1. The van der Waals surface area contributed by atoms with E-state index < -0.39 is 25.6 Å². The van der Waals surface area contributed by atoms with E-state index in [1.54, 1.807) is 0 Å². The van der Waals surface area contributed by atoms with Gasteiger partial charge in [0.05, 0.1) is 6.26 Å².